The molecule has 0 aromatic carbocycles. The smallest absolute Gasteiger partial charge is 0.241 e. The Bertz CT molecular complexity index is 699. The Morgan fingerprint density at radius 1 is 1.37 bits per heavy atom. The van der Waals surface area contributed by atoms with Gasteiger partial charge in [0.1, 0.15) is 4.90 Å². The van der Waals surface area contributed by atoms with Gasteiger partial charge in [-0.1, -0.05) is 0 Å². The molecule has 0 aliphatic carbocycles. The molecule has 2 heterocycles. The molecule has 2 rings (SSSR count). The van der Waals surface area contributed by atoms with Crippen molar-refractivity contribution in [1.29, 1.82) is 0 Å². The summed E-state index contributed by atoms with van der Waals surface area (Å²) in [6.45, 7) is 3.94. The zero-order valence-electron chi connectivity index (χ0n) is 11.2. The van der Waals surface area contributed by atoms with Crippen LogP contribution >= 0.6 is 0 Å². The van der Waals surface area contributed by atoms with Gasteiger partial charge in [0.05, 0.1) is 11.4 Å². The van der Waals surface area contributed by atoms with E-state index in [1.807, 2.05) is 13.1 Å². The molecule has 2 aromatic heterocycles. The molecule has 0 saturated heterocycles. The predicted octanol–water partition coefficient (Wildman–Crippen LogP) is 0.124. The number of nitrogens with two attached hydrogens (primary N) is 1. The highest BCUT2D eigenvalue weighted by Crippen LogP contribution is 2.18. The number of rotatable bonds is 4. The summed E-state index contributed by atoms with van der Waals surface area (Å²) in [5, 5.41) is 13.5. The molecule has 0 fully saturated rings. The monoisotopic (exact) mass is 283 g/mol. The molecule has 0 amide bonds. The van der Waals surface area contributed by atoms with Crippen molar-refractivity contribution in [2.75, 3.05) is 0 Å². The second-order valence-electron chi connectivity index (χ2n) is 4.46. The van der Waals surface area contributed by atoms with Crippen molar-refractivity contribution in [3.8, 4) is 0 Å². The Hall–Kier alpha value is -1.67. The van der Waals surface area contributed by atoms with E-state index in [2.05, 4.69) is 10.2 Å². The molecule has 19 heavy (non-hydrogen) atoms. The molecule has 0 spiro atoms. The number of nitrogens with zero attached hydrogens (tertiary/aromatic N) is 4. The molecular weight excluding hydrogens is 266 g/mol. The molecule has 0 aliphatic heterocycles. The van der Waals surface area contributed by atoms with Crippen LogP contribution in [0, 0.1) is 13.8 Å². The third kappa shape index (κ3) is 2.69. The highest BCUT2D eigenvalue weighted by Gasteiger charge is 2.20. The van der Waals surface area contributed by atoms with Crippen molar-refractivity contribution in [1.82, 2.24) is 19.6 Å². The lowest BCUT2D eigenvalue weighted by Gasteiger charge is -2.05. The van der Waals surface area contributed by atoms with Crippen molar-refractivity contribution in [2.45, 2.75) is 31.7 Å². The summed E-state index contributed by atoms with van der Waals surface area (Å²) >= 11 is 0. The normalized spacial score (nSPS) is 12.0. The number of hydrogen-bond acceptors (Lipinski definition) is 4. The van der Waals surface area contributed by atoms with Gasteiger partial charge in [0, 0.05) is 31.9 Å². The van der Waals surface area contributed by atoms with Gasteiger partial charge in [-0.25, -0.2) is 13.6 Å². The number of sulfonamides is 1. The van der Waals surface area contributed by atoms with E-state index in [1.54, 1.807) is 29.4 Å². The summed E-state index contributed by atoms with van der Waals surface area (Å²) in [7, 11) is -1.86. The van der Waals surface area contributed by atoms with Crippen LogP contribution in [0.4, 0.5) is 0 Å². The average Bonchev–Trinajstić information content (AvgIpc) is 2.79. The minimum atomic E-state index is -3.72. The third-order valence-electron chi connectivity index (χ3n) is 3.10. The fourth-order valence-electron chi connectivity index (χ4n) is 2.18. The van der Waals surface area contributed by atoms with Crippen LogP contribution in [-0.4, -0.2) is 28.0 Å². The molecule has 7 nitrogen and oxygen atoms in total. The van der Waals surface area contributed by atoms with E-state index in [1.165, 1.54) is 0 Å². The van der Waals surface area contributed by atoms with Gasteiger partial charge in [0.2, 0.25) is 10.0 Å². The maximum Gasteiger partial charge on any atom is 0.241 e. The molecule has 2 N–H and O–H groups in total. The van der Waals surface area contributed by atoms with Crippen molar-refractivity contribution in [2.24, 2.45) is 12.2 Å². The molecule has 0 radical (unpaired) electrons. The zero-order chi connectivity index (χ0) is 14.2. The maximum atomic E-state index is 11.5. The highest BCUT2D eigenvalue weighted by molar-refractivity contribution is 7.89. The third-order valence-corrected chi connectivity index (χ3v) is 4.26. The predicted molar refractivity (Wildman–Crippen MR) is 70.0 cm³/mol. The Morgan fingerprint density at radius 3 is 2.53 bits per heavy atom. The Labute approximate surface area is 112 Å². The fourth-order valence-corrected chi connectivity index (χ4v) is 3.15. The van der Waals surface area contributed by atoms with E-state index in [9.17, 15) is 8.42 Å². The van der Waals surface area contributed by atoms with Gasteiger partial charge in [0.15, 0.2) is 0 Å². The van der Waals surface area contributed by atoms with Crippen LogP contribution in [0.3, 0.4) is 0 Å². The van der Waals surface area contributed by atoms with Crippen molar-refractivity contribution in [3.05, 3.63) is 29.3 Å². The molecule has 0 unspecified atom stereocenters. The van der Waals surface area contributed by atoms with Gasteiger partial charge in [-0.05, 0) is 19.9 Å². The first-order valence-electron chi connectivity index (χ1n) is 5.84. The van der Waals surface area contributed by atoms with Crippen LogP contribution in [0.5, 0.6) is 0 Å². The van der Waals surface area contributed by atoms with E-state index in [4.69, 9.17) is 5.14 Å². The summed E-state index contributed by atoms with van der Waals surface area (Å²) in [6, 6.07) is 1.92. The van der Waals surface area contributed by atoms with Gasteiger partial charge in [-0.15, -0.1) is 0 Å². The number of hydrogen-bond donors (Lipinski definition) is 1. The summed E-state index contributed by atoms with van der Waals surface area (Å²) in [5.41, 5.74) is 2.07. The average molecular weight is 283 g/mol. The van der Waals surface area contributed by atoms with Crippen LogP contribution in [-0.2, 0) is 30.0 Å². The van der Waals surface area contributed by atoms with E-state index >= 15 is 0 Å². The molecule has 0 bridgehead atoms. The van der Waals surface area contributed by atoms with Crippen LogP contribution in [0.25, 0.3) is 0 Å². The van der Waals surface area contributed by atoms with Gasteiger partial charge in [-0.2, -0.15) is 10.2 Å². The summed E-state index contributed by atoms with van der Waals surface area (Å²) in [5.74, 6) is 0. The van der Waals surface area contributed by atoms with Crippen molar-refractivity contribution >= 4 is 10.0 Å². The second-order valence-corrected chi connectivity index (χ2v) is 5.96. The first kappa shape index (κ1) is 13.8. The standard InChI is InChI=1S/C11H17N5O2S/c1-8-11(19(12,17)18)9(2)16(14-8)7-5-10-4-6-13-15(10)3/h4,6H,5,7H2,1-3H3,(H2,12,17,18). The van der Waals surface area contributed by atoms with Gasteiger partial charge >= 0.3 is 0 Å². The summed E-state index contributed by atoms with van der Waals surface area (Å²) < 4.78 is 26.4. The maximum absolute atomic E-state index is 11.5. The second kappa shape index (κ2) is 4.78. The van der Waals surface area contributed by atoms with E-state index < -0.39 is 10.0 Å². The van der Waals surface area contributed by atoms with E-state index in [0.717, 1.165) is 12.1 Å². The lowest BCUT2D eigenvalue weighted by Crippen LogP contribution is -2.14. The minimum Gasteiger partial charge on any atom is -0.273 e. The minimum absolute atomic E-state index is 0.123. The largest absolute Gasteiger partial charge is 0.273 e. The van der Waals surface area contributed by atoms with E-state index in [0.29, 0.717) is 17.9 Å². The first-order chi connectivity index (χ1) is 8.80. The van der Waals surface area contributed by atoms with Gasteiger partial charge in [-0.3, -0.25) is 9.36 Å². The van der Waals surface area contributed by atoms with Crippen molar-refractivity contribution in [3.63, 3.8) is 0 Å². The molecule has 0 saturated carbocycles. The lowest BCUT2D eigenvalue weighted by molar-refractivity contribution is 0.568. The molecular formula is C11H17N5O2S. The molecule has 8 heteroatoms. The van der Waals surface area contributed by atoms with Gasteiger partial charge in [0.25, 0.3) is 0 Å². The number of aromatic nitrogens is 4. The highest BCUT2D eigenvalue weighted by atomic mass is 32.2. The number of aryl methyl sites for hydroxylation is 4. The topological polar surface area (TPSA) is 95.8 Å². The Morgan fingerprint density at radius 2 is 2.05 bits per heavy atom. The lowest BCUT2D eigenvalue weighted by atomic mass is 10.3. The van der Waals surface area contributed by atoms with Gasteiger partial charge < -0.3 is 0 Å². The molecule has 2 aromatic rings. The van der Waals surface area contributed by atoms with Crippen LogP contribution < -0.4 is 5.14 Å². The quantitative estimate of drug-likeness (QED) is 0.862. The van der Waals surface area contributed by atoms with Crippen LogP contribution in [0.1, 0.15) is 17.1 Å². The van der Waals surface area contributed by atoms with E-state index in [-0.39, 0.29) is 4.90 Å². The molecule has 0 atom stereocenters. The Balaban J connectivity index is 2.26. The summed E-state index contributed by atoms with van der Waals surface area (Å²) in [4.78, 5) is 0.123. The Kier molecular flexibility index (Phi) is 3.46. The summed E-state index contributed by atoms with van der Waals surface area (Å²) in [6.07, 6.45) is 2.45. The fraction of sp³-hybridized carbons (Fsp3) is 0.455. The van der Waals surface area contributed by atoms with Crippen molar-refractivity contribution < 1.29 is 8.42 Å². The SMILES string of the molecule is Cc1nn(CCc2ccnn2C)c(C)c1S(N)(=O)=O. The van der Waals surface area contributed by atoms with Crippen LogP contribution in [0.2, 0.25) is 0 Å². The molecule has 0 aliphatic rings. The number of primary sulfonamides is 1. The molecule has 104 valence electrons. The first-order valence-corrected chi connectivity index (χ1v) is 7.39. The van der Waals surface area contributed by atoms with Crippen LogP contribution in [0.15, 0.2) is 17.2 Å². The zero-order valence-corrected chi connectivity index (χ0v) is 12.0.